The predicted octanol–water partition coefficient (Wildman–Crippen LogP) is 3.56. The number of hydrogen-bond donors (Lipinski definition) is 1. The summed E-state index contributed by atoms with van der Waals surface area (Å²) in [6.07, 6.45) is 0.863. The van der Waals surface area contributed by atoms with Gasteiger partial charge in [0.05, 0.1) is 24.2 Å². The topological polar surface area (TPSA) is 56.1 Å². The van der Waals surface area contributed by atoms with E-state index in [2.05, 4.69) is 10.3 Å². The van der Waals surface area contributed by atoms with E-state index in [0.717, 1.165) is 34.6 Å². The lowest BCUT2D eigenvalue weighted by atomic mass is 10.1. The standard InChI is InChI=1S/C21H23N3O2/c1-13(20-23-17-9-5-6-10-18(17)24(20)2)22-21(25)16-12-15(16)14-8-4-7-11-19(14)26-3/h4-11,13,15-16H,12H2,1-3H3,(H,22,25)/t13-,15-,16+/m0/s1. The molecule has 3 aromatic rings. The zero-order chi connectivity index (χ0) is 18.3. The molecular weight excluding hydrogens is 326 g/mol. The molecule has 0 aliphatic heterocycles. The van der Waals surface area contributed by atoms with Crippen LogP contribution in [0.25, 0.3) is 11.0 Å². The molecule has 1 saturated carbocycles. The summed E-state index contributed by atoms with van der Waals surface area (Å²) in [6.45, 7) is 1.99. The van der Waals surface area contributed by atoms with Crippen molar-refractivity contribution in [2.45, 2.75) is 25.3 Å². The minimum absolute atomic E-state index is 0.00318. The zero-order valence-electron chi connectivity index (χ0n) is 15.3. The van der Waals surface area contributed by atoms with Gasteiger partial charge in [-0.2, -0.15) is 0 Å². The SMILES string of the molecule is COc1ccccc1[C@@H]1C[C@H]1C(=O)N[C@@H](C)c1nc2ccccc2n1C. The monoisotopic (exact) mass is 349 g/mol. The molecule has 3 atom stereocenters. The van der Waals surface area contributed by atoms with E-state index < -0.39 is 0 Å². The van der Waals surface area contributed by atoms with Gasteiger partial charge in [0.1, 0.15) is 11.6 Å². The lowest BCUT2D eigenvalue weighted by Gasteiger charge is -2.14. The molecule has 0 unspecified atom stereocenters. The van der Waals surface area contributed by atoms with Gasteiger partial charge in [-0.25, -0.2) is 4.98 Å². The number of carbonyl (C=O) groups excluding carboxylic acids is 1. The molecule has 2 aromatic carbocycles. The zero-order valence-corrected chi connectivity index (χ0v) is 15.3. The van der Waals surface area contributed by atoms with E-state index in [9.17, 15) is 4.79 Å². The van der Waals surface area contributed by atoms with Crippen molar-refractivity contribution in [3.63, 3.8) is 0 Å². The van der Waals surface area contributed by atoms with Gasteiger partial charge in [-0.15, -0.1) is 0 Å². The van der Waals surface area contributed by atoms with Crippen molar-refractivity contribution in [1.82, 2.24) is 14.9 Å². The molecule has 1 aromatic heterocycles. The molecular formula is C21H23N3O2. The highest BCUT2D eigenvalue weighted by atomic mass is 16.5. The average Bonchev–Trinajstić information content (AvgIpc) is 3.39. The van der Waals surface area contributed by atoms with E-state index in [-0.39, 0.29) is 23.8 Å². The second-order valence-corrected chi connectivity index (χ2v) is 6.94. The number of amides is 1. The van der Waals surface area contributed by atoms with Crippen LogP contribution in [-0.2, 0) is 11.8 Å². The van der Waals surface area contributed by atoms with Crippen LogP contribution in [0, 0.1) is 5.92 Å². The van der Waals surface area contributed by atoms with Gasteiger partial charge in [-0.3, -0.25) is 4.79 Å². The Hall–Kier alpha value is -2.82. The van der Waals surface area contributed by atoms with Crippen LogP contribution in [0.3, 0.4) is 0 Å². The summed E-state index contributed by atoms with van der Waals surface area (Å²) in [6, 6.07) is 15.8. The summed E-state index contributed by atoms with van der Waals surface area (Å²) in [5.74, 6) is 2.05. The van der Waals surface area contributed by atoms with Gasteiger partial charge in [0.15, 0.2) is 0 Å². The minimum Gasteiger partial charge on any atom is -0.496 e. The Bertz CT molecular complexity index is 963. The Morgan fingerprint density at radius 3 is 2.73 bits per heavy atom. The highest BCUT2D eigenvalue weighted by molar-refractivity contribution is 5.83. The highest BCUT2D eigenvalue weighted by Crippen LogP contribution is 2.50. The van der Waals surface area contributed by atoms with Crippen LogP contribution in [-0.4, -0.2) is 22.6 Å². The first-order valence-corrected chi connectivity index (χ1v) is 8.94. The largest absolute Gasteiger partial charge is 0.496 e. The van der Waals surface area contributed by atoms with E-state index in [1.54, 1.807) is 7.11 Å². The molecule has 1 amide bonds. The van der Waals surface area contributed by atoms with Crippen LogP contribution in [0.2, 0.25) is 0 Å². The Balaban J connectivity index is 1.47. The first kappa shape index (κ1) is 16.6. The van der Waals surface area contributed by atoms with Crippen LogP contribution < -0.4 is 10.1 Å². The van der Waals surface area contributed by atoms with Gasteiger partial charge in [-0.05, 0) is 43.0 Å². The summed E-state index contributed by atoms with van der Waals surface area (Å²) in [5, 5.41) is 3.13. The molecule has 0 spiro atoms. The Kier molecular flexibility index (Phi) is 4.15. The second-order valence-electron chi connectivity index (χ2n) is 6.94. The summed E-state index contributed by atoms with van der Waals surface area (Å²) >= 11 is 0. The van der Waals surface area contributed by atoms with E-state index >= 15 is 0 Å². The fourth-order valence-electron chi connectivity index (χ4n) is 3.74. The number of imidazole rings is 1. The molecule has 1 N–H and O–H groups in total. The highest BCUT2D eigenvalue weighted by Gasteiger charge is 2.45. The quantitative estimate of drug-likeness (QED) is 0.766. The van der Waals surface area contributed by atoms with Gasteiger partial charge in [0.25, 0.3) is 0 Å². The van der Waals surface area contributed by atoms with E-state index in [4.69, 9.17) is 4.74 Å². The number of aromatic nitrogens is 2. The third kappa shape index (κ3) is 2.83. The molecule has 1 aliphatic carbocycles. The van der Waals surface area contributed by atoms with Gasteiger partial charge < -0.3 is 14.6 Å². The third-order valence-corrected chi connectivity index (χ3v) is 5.23. The van der Waals surface area contributed by atoms with Crippen LogP contribution in [0.15, 0.2) is 48.5 Å². The number of aryl methyl sites for hydroxylation is 1. The van der Waals surface area contributed by atoms with Gasteiger partial charge in [0, 0.05) is 13.0 Å². The number of rotatable bonds is 5. The fourth-order valence-corrected chi connectivity index (χ4v) is 3.74. The average molecular weight is 349 g/mol. The number of nitrogens with zero attached hydrogens (tertiary/aromatic N) is 2. The maximum atomic E-state index is 12.7. The number of hydrogen-bond acceptors (Lipinski definition) is 3. The summed E-state index contributed by atoms with van der Waals surface area (Å²) in [7, 11) is 3.66. The van der Waals surface area contributed by atoms with Gasteiger partial charge in [-0.1, -0.05) is 30.3 Å². The molecule has 0 bridgehead atoms. The van der Waals surface area contributed by atoms with Crippen LogP contribution in [0.5, 0.6) is 5.75 Å². The fraction of sp³-hybridized carbons (Fsp3) is 0.333. The summed E-state index contributed by atoms with van der Waals surface area (Å²) < 4.78 is 7.48. The summed E-state index contributed by atoms with van der Waals surface area (Å²) in [5.41, 5.74) is 3.14. The molecule has 5 nitrogen and oxygen atoms in total. The third-order valence-electron chi connectivity index (χ3n) is 5.23. The number of methoxy groups -OCH3 is 1. The maximum absolute atomic E-state index is 12.7. The molecule has 1 fully saturated rings. The first-order valence-electron chi connectivity index (χ1n) is 8.94. The van der Waals surface area contributed by atoms with E-state index in [1.807, 2.05) is 67.1 Å². The number of fused-ring (bicyclic) bond motifs is 1. The van der Waals surface area contributed by atoms with Gasteiger partial charge >= 0.3 is 0 Å². The van der Waals surface area contributed by atoms with Crippen molar-refractivity contribution in [3.05, 3.63) is 59.9 Å². The lowest BCUT2D eigenvalue weighted by Crippen LogP contribution is -2.30. The van der Waals surface area contributed by atoms with Crippen molar-refractivity contribution < 1.29 is 9.53 Å². The van der Waals surface area contributed by atoms with E-state index in [1.165, 1.54) is 0 Å². The van der Waals surface area contributed by atoms with Crippen LogP contribution in [0.1, 0.15) is 36.7 Å². The maximum Gasteiger partial charge on any atom is 0.224 e. The normalized spacial score (nSPS) is 20.0. The molecule has 5 heteroatoms. The van der Waals surface area contributed by atoms with Crippen molar-refractivity contribution in [1.29, 1.82) is 0 Å². The lowest BCUT2D eigenvalue weighted by molar-refractivity contribution is -0.123. The molecule has 26 heavy (non-hydrogen) atoms. The number of ether oxygens (including phenoxy) is 1. The van der Waals surface area contributed by atoms with E-state index in [0.29, 0.717) is 0 Å². The number of nitrogens with one attached hydrogen (secondary N) is 1. The van der Waals surface area contributed by atoms with Crippen LogP contribution in [0.4, 0.5) is 0 Å². The van der Waals surface area contributed by atoms with Crippen molar-refractivity contribution in [3.8, 4) is 5.75 Å². The Labute approximate surface area is 153 Å². The minimum atomic E-state index is -0.140. The number of benzene rings is 2. The number of carbonyl (C=O) groups is 1. The van der Waals surface area contributed by atoms with Crippen molar-refractivity contribution in [2.24, 2.45) is 13.0 Å². The smallest absolute Gasteiger partial charge is 0.224 e. The van der Waals surface area contributed by atoms with Crippen molar-refractivity contribution >= 4 is 16.9 Å². The van der Waals surface area contributed by atoms with Crippen molar-refractivity contribution in [2.75, 3.05) is 7.11 Å². The summed E-state index contributed by atoms with van der Waals surface area (Å²) in [4.78, 5) is 17.4. The Morgan fingerprint density at radius 1 is 1.23 bits per heavy atom. The number of para-hydroxylation sites is 3. The van der Waals surface area contributed by atoms with Gasteiger partial charge in [0.2, 0.25) is 5.91 Å². The molecule has 1 heterocycles. The molecule has 134 valence electrons. The molecule has 1 aliphatic rings. The Morgan fingerprint density at radius 2 is 1.96 bits per heavy atom. The first-order chi connectivity index (χ1) is 12.6. The van der Waals surface area contributed by atoms with Crippen LogP contribution >= 0.6 is 0 Å². The second kappa shape index (κ2) is 6.48. The predicted molar refractivity (Wildman–Crippen MR) is 101 cm³/mol. The molecule has 0 radical (unpaired) electrons. The molecule has 0 saturated heterocycles. The molecule has 4 rings (SSSR count).